The second-order valence-electron chi connectivity index (χ2n) is 5.93. The lowest BCUT2D eigenvalue weighted by molar-refractivity contribution is 0.0671. The number of likely N-dealkylation sites (tertiary alicyclic amines) is 1. The molecule has 1 aromatic carbocycles. The molecule has 2 aromatic rings. The van der Waals surface area contributed by atoms with Crippen molar-refractivity contribution in [2.45, 2.75) is 32.7 Å². The van der Waals surface area contributed by atoms with Gasteiger partial charge in [-0.05, 0) is 51.0 Å². The molecule has 1 atom stereocenters. The Labute approximate surface area is 136 Å². The number of amides is 1. The Morgan fingerprint density at radius 3 is 2.61 bits per heavy atom. The minimum atomic E-state index is 0.0619. The molecule has 0 N–H and O–H groups in total. The number of hydrogen-bond donors (Lipinski definition) is 0. The minimum Gasteiger partial charge on any atom is -0.497 e. The quantitative estimate of drug-likeness (QED) is 0.873. The highest BCUT2D eigenvalue weighted by Crippen LogP contribution is 2.24. The maximum atomic E-state index is 12.7. The van der Waals surface area contributed by atoms with Gasteiger partial charge in [-0.1, -0.05) is 0 Å². The van der Waals surface area contributed by atoms with Crippen LogP contribution in [0.2, 0.25) is 0 Å². The van der Waals surface area contributed by atoms with Gasteiger partial charge in [-0.15, -0.1) is 0 Å². The van der Waals surface area contributed by atoms with Gasteiger partial charge < -0.3 is 9.64 Å². The molecule has 23 heavy (non-hydrogen) atoms. The summed E-state index contributed by atoms with van der Waals surface area (Å²) in [5.74, 6) is 2.51. The van der Waals surface area contributed by atoms with Crippen LogP contribution in [0.15, 0.2) is 24.3 Å². The van der Waals surface area contributed by atoms with Gasteiger partial charge in [0.1, 0.15) is 17.4 Å². The summed E-state index contributed by atoms with van der Waals surface area (Å²) in [4.78, 5) is 19.0. The first kappa shape index (κ1) is 15.5. The number of aryl methyl sites for hydroxylation is 2. The normalized spacial score (nSPS) is 18.0. The summed E-state index contributed by atoms with van der Waals surface area (Å²) in [6.45, 7) is 5.32. The molecule has 1 aromatic heterocycles. The summed E-state index contributed by atoms with van der Waals surface area (Å²) in [5, 5.41) is 4.47. The average Bonchev–Trinajstić information content (AvgIpc) is 2.93. The predicted octanol–water partition coefficient (Wildman–Crippen LogP) is 2.38. The lowest BCUT2D eigenvalue weighted by Gasteiger charge is -2.33. The number of rotatable bonds is 3. The number of ether oxygens (including phenoxy) is 1. The first-order chi connectivity index (χ1) is 11.1. The van der Waals surface area contributed by atoms with E-state index in [4.69, 9.17) is 4.74 Å². The molecular formula is C17H22N4O2. The first-order valence-corrected chi connectivity index (χ1v) is 7.91. The third kappa shape index (κ3) is 3.21. The molecule has 1 fully saturated rings. The molecule has 1 amide bonds. The highest BCUT2D eigenvalue weighted by molar-refractivity contribution is 5.94. The monoisotopic (exact) mass is 314 g/mol. The largest absolute Gasteiger partial charge is 0.497 e. The van der Waals surface area contributed by atoms with Crippen LogP contribution in [0.3, 0.4) is 0 Å². The maximum Gasteiger partial charge on any atom is 0.253 e. The van der Waals surface area contributed by atoms with Crippen molar-refractivity contribution in [3.63, 3.8) is 0 Å². The molecule has 1 aliphatic heterocycles. The Bertz CT molecular complexity index is 693. The fraction of sp³-hybridized carbons (Fsp3) is 0.471. The average molecular weight is 314 g/mol. The van der Waals surface area contributed by atoms with Gasteiger partial charge in [0.05, 0.1) is 13.2 Å². The van der Waals surface area contributed by atoms with E-state index in [0.29, 0.717) is 12.1 Å². The van der Waals surface area contributed by atoms with E-state index in [1.54, 1.807) is 7.11 Å². The molecule has 0 saturated carbocycles. The number of carbonyl (C=O) groups excluding carboxylic acids is 1. The third-order valence-electron chi connectivity index (χ3n) is 4.27. The third-order valence-corrected chi connectivity index (χ3v) is 4.27. The van der Waals surface area contributed by atoms with E-state index in [-0.39, 0.29) is 11.9 Å². The van der Waals surface area contributed by atoms with Crippen LogP contribution in [0, 0.1) is 13.8 Å². The number of hydrogen-bond acceptors (Lipinski definition) is 4. The van der Waals surface area contributed by atoms with Gasteiger partial charge in [-0.2, -0.15) is 5.10 Å². The van der Waals surface area contributed by atoms with Crippen molar-refractivity contribution >= 4 is 5.91 Å². The van der Waals surface area contributed by atoms with Gasteiger partial charge >= 0.3 is 0 Å². The fourth-order valence-corrected chi connectivity index (χ4v) is 3.14. The maximum absolute atomic E-state index is 12.7. The van der Waals surface area contributed by atoms with Crippen LogP contribution < -0.4 is 4.74 Å². The molecule has 2 heterocycles. The van der Waals surface area contributed by atoms with E-state index in [9.17, 15) is 4.79 Å². The molecule has 3 rings (SSSR count). The lowest BCUT2D eigenvalue weighted by Crippen LogP contribution is -2.41. The summed E-state index contributed by atoms with van der Waals surface area (Å²) in [6.07, 6.45) is 2.00. The lowest BCUT2D eigenvalue weighted by atomic mass is 10.0. The Balaban J connectivity index is 1.74. The van der Waals surface area contributed by atoms with Crippen LogP contribution in [0.5, 0.6) is 5.75 Å². The Kier molecular flexibility index (Phi) is 4.32. The zero-order valence-electron chi connectivity index (χ0n) is 13.8. The van der Waals surface area contributed by atoms with E-state index >= 15 is 0 Å². The van der Waals surface area contributed by atoms with Gasteiger partial charge in [0.2, 0.25) is 0 Å². The zero-order chi connectivity index (χ0) is 16.4. The molecule has 1 saturated heterocycles. The van der Waals surface area contributed by atoms with E-state index in [1.807, 2.05) is 47.7 Å². The smallest absolute Gasteiger partial charge is 0.253 e. The molecular weight excluding hydrogens is 292 g/mol. The van der Waals surface area contributed by atoms with Crippen molar-refractivity contribution < 1.29 is 9.53 Å². The van der Waals surface area contributed by atoms with Crippen molar-refractivity contribution in [1.82, 2.24) is 19.7 Å². The van der Waals surface area contributed by atoms with Crippen molar-refractivity contribution in [1.29, 1.82) is 0 Å². The summed E-state index contributed by atoms with van der Waals surface area (Å²) in [5.41, 5.74) is 0.693. The van der Waals surface area contributed by atoms with Crippen LogP contribution in [0.4, 0.5) is 0 Å². The van der Waals surface area contributed by atoms with Gasteiger partial charge in [0.15, 0.2) is 0 Å². The molecule has 6 nitrogen and oxygen atoms in total. The number of nitrogens with zero attached hydrogens (tertiary/aromatic N) is 4. The molecule has 1 aliphatic rings. The standard InChI is InChI=1S/C17H22N4O2/c1-12-18-13(2)21(19-12)15-5-4-10-20(11-15)17(22)14-6-8-16(23-3)9-7-14/h6-9,15H,4-5,10-11H2,1-3H3/t15-/m1/s1. The van der Waals surface area contributed by atoms with Gasteiger partial charge in [-0.25, -0.2) is 9.67 Å². The fourth-order valence-electron chi connectivity index (χ4n) is 3.14. The van der Waals surface area contributed by atoms with E-state index in [1.165, 1.54) is 0 Å². The van der Waals surface area contributed by atoms with Crippen LogP contribution in [-0.2, 0) is 0 Å². The molecule has 0 unspecified atom stereocenters. The molecule has 0 bridgehead atoms. The van der Waals surface area contributed by atoms with E-state index < -0.39 is 0 Å². The van der Waals surface area contributed by atoms with Crippen LogP contribution in [0.25, 0.3) is 0 Å². The topological polar surface area (TPSA) is 60.2 Å². The minimum absolute atomic E-state index is 0.0619. The zero-order valence-corrected chi connectivity index (χ0v) is 13.8. The van der Waals surface area contributed by atoms with Gasteiger partial charge in [0.25, 0.3) is 5.91 Å². The second-order valence-corrected chi connectivity index (χ2v) is 5.93. The first-order valence-electron chi connectivity index (χ1n) is 7.91. The highest BCUT2D eigenvalue weighted by Gasteiger charge is 2.27. The summed E-state index contributed by atoms with van der Waals surface area (Å²) in [6, 6.07) is 7.47. The van der Waals surface area contributed by atoms with Gasteiger partial charge in [-0.3, -0.25) is 4.79 Å². The number of carbonyl (C=O) groups is 1. The molecule has 0 aliphatic carbocycles. The highest BCUT2D eigenvalue weighted by atomic mass is 16.5. The summed E-state index contributed by atoms with van der Waals surface area (Å²) >= 11 is 0. The van der Waals surface area contributed by atoms with Crippen molar-refractivity contribution in [3.8, 4) is 5.75 Å². The van der Waals surface area contributed by atoms with Crippen LogP contribution in [-0.4, -0.2) is 45.8 Å². The number of benzene rings is 1. The molecule has 122 valence electrons. The summed E-state index contributed by atoms with van der Waals surface area (Å²) in [7, 11) is 1.62. The van der Waals surface area contributed by atoms with E-state index in [2.05, 4.69) is 10.1 Å². The van der Waals surface area contributed by atoms with Crippen molar-refractivity contribution in [2.75, 3.05) is 20.2 Å². The molecule has 0 radical (unpaired) electrons. The molecule has 0 spiro atoms. The van der Waals surface area contributed by atoms with Crippen molar-refractivity contribution in [2.24, 2.45) is 0 Å². The predicted molar refractivity (Wildman–Crippen MR) is 86.7 cm³/mol. The Morgan fingerprint density at radius 1 is 1.26 bits per heavy atom. The number of piperidine rings is 1. The Hall–Kier alpha value is -2.37. The second kappa shape index (κ2) is 6.40. The SMILES string of the molecule is COc1ccc(C(=O)N2CCC[C@@H](n3nc(C)nc3C)C2)cc1. The van der Waals surface area contributed by atoms with E-state index in [0.717, 1.165) is 36.8 Å². The van der Waals surface area contributed by atoms with Crippen LogP contribution in [0.1, 0.15) is 40.9 Å². The summed E-state index contributed by atoms with van der Waals surface area (Å²) < 4.78 is 7.10. The Morgan fingerprint density at radius 2 is 2.00 bits per heavy atom. The number of aromatic nitrogens is 3. The van der Waals surface area contributed by atoms with Crippen LogP contribution >= 0.6 is 0 Å². The van der Waals surface area contributed by atoms with Gasteiger partial charge in [0, 0.05) is 18.7 Å². The van der Waals surface area contributed by atoms with Crippen molar-refractivity contribution in [3.05, 3.63) is 41.5 Å². The number of methoxy groups -OCH3 is 1. The molecule has 6 heteroatoms.